The minimum absolute atomic E-state index is 0.130. The summed E-state index contributed by atoms with van der Waals surface area (Å²) in [4.78, 5) is 20.2. The smallest absolute Gasteiger partial charge is 0.261 e. The molecule has 23 heavy (non-hydrogen) atoms. The van der Waals surface area contributed by atoms with Gasteiger partial charge in [-0.25, -0.2) is 18.7 Å². The van der Waals surface area contributed by atoms with Crippen molar-refractivity contribution in [3.63, 3.8) is 0 Å². The lowest BCUT2D eigenvalue weighted by atomic mass is 10.1. The van der Waals surface area contributed by atoms with E-state index in [1.54, 1.807) is 0 Å². The molecule has 0 aliphatic heterocycles. The molecule has 2 aromatic heterocycles. The largest absolute Gasteiger partial charge is 0.386 e. The van der Waals surface area contributed by atoms with Gasteiger partial charge in [-0.3, -0.25) is 9.36 Å². The van der Waals surface area contributed by atoms with Crippen LogP contribution in [0.25, 0.3) is 10.9 Å². The number of aliphatic hydroxyl groups is 1. The monoisotopic (exact) mass is 337 g/mol. The molecular weight excluding hydrogens is 328 g/mol. The molecule has 118 valence electrons. The van der Waals surface area contributed by atoms with Gasteiger partial charge in [0.25, 0.3) is 5.56 Å². The molecule has 1 atom stereocenters. The van der Waals surface area contributed by atoms with Crippen LogP contribution >= 0.6 is 11.6 Å². The zero-order valence-electron chi connectivity index (χ0n) is 11.6. The lowest BCUT2D eigenvalue weighted by Crippen LogP contribution is -2.24. The highest BCUT2D eigenvalue weighted by Gasteiger charge is 2.16. The van der Waals surface area contributed by atoms with Crippen molar-refractivity contribution in [3.8, 4) is 0 Å². The molecule has 0 fully saturated rings. The van der Waals surface area contributed by atoms with Gasteiger partial charge in [0.1, 0.15) is 16.8 Å². The van der Waals surface area contributed by atoms with Crippen molar-refractivity contribution in [1.82, 2.24) is 14.5 Å². The molecule has 0 saturated carbocycles. The van der Waals surface area contributed by atoms with Gasteiger partial charge in [-0.15, -0.1) is 0 Å². The number of halogens is 3. The van der Waals surface area contributed by atoms with Gasteiger partial charge in [0.2, 0.25) is 0 Å². The number of aliphatic hydroxyl groups excluding tert-OH is 1. The first-order chi connectivity index (χ1) is 11.0. The Morgan fingerprint density at radius 1 is 1.26 bits per heavy atom. The van der Waals surface area contributed by atoms with Crippen molar-refractivity contribution in [3.05, 3.63) is 69.5 Å². The summed E-state index contributed by atoms with van der Waals surface area (Å²) < 4.78 is 28.0. The number of hydrogen-bond acceptors (Lipinski definition) is 4. The van der Waals surface area contributed by atoms with Gasteiger partial charge >= 0.3 is 0 Å². The maximum atomic E-state index is 13.7. The fraction of sp³-hybridized carbons (Fsp3) is 0.133. The molecular formula is C15H10ClF2N3O2. The quantitative estimate of drug-likeness (QED) is 0.745. The van der Waals surface area contributed by atoms with E-state index < -0.39 is 23.3 Å². The van der Waals surface area contributed by atoms with E-state index in [4.69, 9.17) is 11.6 Å². The number of benzene rings is 1. The SMILES string of the molecule is O=c1c2cc(Cl)ncc2ncn1CC(O)c1cc(F)ccc1F. The first kappa shape index (κ1) is 15.5. The van der Waals surface area contributed by atoms with Crippen LogP contribution in [0.2, 0.25) is 5.15 Å². The van der Waals surface area contributed by atoms with Crippen LogP contribution in [0.5, 0.6) is 0 Å². The van der Waals surface area contributed by atoms with Crippen LogP contribution in [-0.4, -0.2) is 19.6 Å². The number of pyridine rings is 1. The predicted octanol–water partition coefficient (Wildman–Crippen LogP) is 2.46. The van der Waals surface area contributed by atoms with Gasteiger partial charge in [0.05, 0.1) is 36.1 Å². The van der Waals surface area contributed by atoms with Crippen LogP contribution in [0.15, 0.2) is 41.6 Å². The Morgan fingerprint density at radius 2 is 2.04 bits per heavy atom. The minimum Gasteiger partial charge on any atom is -0.386 e. The van der Waals surface area contributed by atoms with E-state index in [-0.39, 0.29) is 22.6 Å². The number of nitrogens with zero attached hydrogens (tertiary/aromatic N) is 3. The molecule has 0 amide bonds. The first-order valence-corrected chi connectivity index (χ1v) is 6.97. The fourth-order valence-corrected chi connectivity index (χ4v) is 2.38. The molecule has 5 nitrogen and oxygen atoms in total. The molecule has 1 N–H and O–H groups in total. The molecule has 3 aromatic rings. The molecule has 0 aliphatic carbocycles. The highest BCUT2D eigenvalue weighted by Crippen LogP contribution is 2.20. The molecule has 0 aliphatic rings. The zero-order valence-corrected chi connectivity index (χ0v) is 12.3. The average Bonchev–Trinajstić information content (AvgIpc) is 2.53. The van der Waals surface area contributed by atoms with Crippen LogP contribution in [0, 0.1) is 11.6 Å². The van der Waals surface area contributed by atoms with Crippen molar-refractivity contribution in [2.24, 2.45) is 0 Å². The Balaban J connectivity index is 1.99. The number of hydrogen-bond donors (Lipinski definition) is 1. The second kappa shape index (κ2) is 6.02. The van der Waals surface area contributed by atoms with Crippen LogP contribution in [0.1, 0.15) is 11.7 Å². The van der Waals surface area contributed by atoms with E-state index in [1.807, 2.05) is 0 Å². The van der Waals surface area contributed by atoms with Gasteiger partial charge in [0, 0.05) is 5.56 Å². The van der Waals surface area contributed by atoms with Gasteiger partial charge in [-0.1, -0.05) is 11.6 Å². The molecule has 0 radical (unpaired) electrons. The maximum absolute atomic E-state index is 13.7. The van der Waals surface area contributed by atoms with E-state index >= 15 is 0 Å². The molecule has 1 unspecified atom stereocenters. The molecule has 0 spiro atoms. The van der Waals surface area contributed by atoms with Crippen LogP contribution in [0.4, 0.5) is 8.78 Å². The second-order valence-electron chi connectivity index (χ2n) is 4.91. The Labute approximate surface area is 133 Å². The van der Waals surface area contributed by atoms with Crippen LogP contribution < -0.4 is 5.56 Å². The number of rotatable bonds is 3. The number of fused-ring (bicyclic) bond motifs is 1. The highest BCUT2D eigenvalue weighted by atomic mass is 35.5. The van der Waals surface area contributed by atoms with Gasteiger partial charge in [0.15, 0.2) is 0 Å². The van der Waals surface area contributed by atoms with Crippen LogP contribution in [0.3, 0.4) is 0 Å². The van der Waals surface area contributed by atoms with Gasteiger partial charge in [-0.2, -0.15) is 0 Å². The lowest BCUT2D eigenvalue weighted by Gasteiger charge is -2.14. The zero-order chi connectivity index (χ0) is 16.6. The topological polar surface area (TPSA) is 68.0 Å². The third-order valence-corrected chi connectivity index (χ3v) is 3.57. The standard InChI is InChI=1S/C15H10ClF2N3O2/c16-14-4-10-12(5-19-14)20-7-21(15(10)23)6-13(22)9-3-8(17)1-2-11(9)18/h1-5,7,13,22H,6H2. The van der Waals surface area contributed by atoms with E-state index in [9.17, 15) is 18.7 Å². The lowest BCUT2D eigenvalue weighted by molar-refractivity contribution is 0.150. The van der Waals surface area contributed by atoms with Crippen molar-refractivity contribution < 1.29 is 13.9 Å². The molecule has 3 rings (SSSR count). The summed E-state index contributed by atoms with van der Waals surface area (Å²) in [6.07, 6.45) is 1.16. The van der Waals surface area contributed by atoms with Crippen molar-refractivity contribution in [2.45, 2.75) is 12.6 Å². The third-order valence-electron chi connectivity index (χ3n) is 3.36. The summed E-state index contributed by atoms with van der Waals surface area (Å²) in [7, 11) is 0. The second-order valence-corrected chi connectivity index (χ2v) is 5.30. The Bertz CT molecular complexity index is 946. The van der Waals surface area contributed by atoms with Gasteiger partial charge in [-0.05, 0) is 24.3 Å². The third kappa shape index (κ3) is 3.06. The van der Waals surface area contributed by atoms with E-state index in [2.05, 4.69) is 9.97 Å². The summed E-state index contributed by atoms with van der Waals surface area (Å²) in [5, 5.41) is 10.4. The van der Waals surface area contributed by atoms with Crippen molar-refractivity contribution >= 4 is 22.5 Å². The Kier molecular flexibility index (Phi) is 4.06. The predicted molar refractivity (Wildman–Crippen MR) is 80.1 cm³/mol. The fourth-order valence-electron chi connectivity index (χ4n) is 2.22. The molecule has 1 aromatic carbocycles. The van der Waals surface area contributed by atoms with Crippen molar-refractivity contribution in [2.75, 3.05) is 0 Å². The van der Waals surface area contributed by atoms with E-state index in [0.717, 1.165) is 22.8 Å². The summed E-state index contributed by atoms with van der Waals surface area (Å²) in [5.74, 6) is -1.43. The summed E-state index contributed by atoms with van der Waals surface area (Å²) in [6.45, 7) is -0.276. The van der Waals surface area contributed by atoms with E-state index in [1.165, 1.54) is 18.6 Å². The van der Waals surface area contributed by atoms with E-state index in [0.29, 0.717) is 5.52 Å². The Hall–Kier alpha value is -2.38. The van der Waals surface area contributed by atoms with Crippen molar-refractivity contribution in [1.29, 1.82) is 0 Å². The molecule has 0 bridgehead atoms. The summed E-state index contributed by atoms with van der Waals surface area (Å²) >= 11 is 5.76. The molecule has 2 heterocycles. The first-order valence-electron chi connectivity index (χ1n) is 6.59. The van der Waals surface area contributed by atoms with Gasteiger partial charge < -0.3 is 5.11 Å². The average molecular weight is 338 g/mol. The normalized spacial score (nSPS) is 12.5. The Morgan fingerprint density at radius 3 is 2.83 bits per heavy atom. The molecule has 0 saturated heterocycles. The minimum atomic E-state index is -1.40. The number of aromatic nitrogens is 3. The highest BCUT2D eigenvalue weighted by molar-refractivity contribution is 6.30. The van der Waals surface area contributed by atoms with Crippen LogP contribution in [-0.2, 0) is 6.54 Å². The maximum Gasteiger partial charge on any atom is 0.261 e. The summed E-state index contributed by atoms with van der Waals surface area (Å²) in [6, 6.07) is 4.11. The molecule has 8 heteroatoms. The summed E-state index contributed by atoms with van der Waals surface area (Å²) in [5.41, 5.74) is -0.345.